The van der Waals surface area contributed by atoms with E-state index in [-0.39, 0.29) is 36.1 Å². The third-order valence-corrected chi connectivity index (χ3v) is 7.43. The molecule has 0 saturated carbocycles. The maximum atomic E-state index is 11.2. The Morgan fingerprint density at radius 1 is 0.891 bits per heavy atom. The van der Waals surface area contributed by atoms with E-state index in [9.17, 15) is 8.42 Å². The topological polar surface area (TPSA) is 244 Å². The van der Waals surface area contributed by atoms with Crippen molar-refractivity contribution in [3.8, 4) is 0 Å². The summed E-state index contributed by atoms with van der Waals surface area (Å²) in [4.78, 5) is 35.0. The van der Waals surface area contributed by atoms with Crippen molar-refractivity contribution in [2.24, 2.45) is 4.99 Å². The van der Waals surface area contributed by atoms with Crippen molar-refractivity contribution in [3.63, 3.8) is 0 Å². The molecule has 2 saturated heterocycles. The molecular weight excluding hydrogens is 648 g/mol. The summed E-state index contributed by atoms with van der Waals surface area (Å²) in [5.74, 6) is 1.33. The lowest BCUT2D eigenvalue weighted by Crippen LogP contribution is -2.37. The van der Waals surface area contributed by atoms with Crippen molar-refractivity contribution >= 4 is 75.4 Å². The lowest BCUT2D eigenvalue weighted by atomic mass is 10.3. The van der Waals surface area contributed by atoms with Crippen molar-refractivity contribution in [1.82, 2.24) is 29.9 Å². The Bertz CT molecular complexity index is 1580. The van der Waals surface area contributed by atoms with Gasteiger partial charge in [-0.3, -0.25) is 4.55 Å². The first-order valence-corrected chi connectivity index (χ1v) is 16.5. The molecule has 3 aromatic rings. The smallest absolute Gasteiger partial charge is 0.266 e. The Morgan fingerprint density at radius 3 is 2.09 bits per heavy atom. The average Bonchev–Trinajstić information content (AvgIpc) is 3.05. The SMILES string of the molecule is O=S(=O)(O)CCNc1nc(Nc2cccc(Nc3nc(/N=C\CSOOO)nc(N4CCOCC4)n3)c2)nc(N2CCOCC2)n1. The fraction of sp³-hybridized carbons (Fsp3) is 0.458. The predicted octanol–water partition coefficient (Wildman–Crippen LogP) is 1.29. The van der Waals surface area contributed by atoms with Crippen LogP contribution in [0.15, 0.2) is 29.3 Å². The van der Waals surface area contributed by atoms with Crippen molar-refractivity contribution in [2.75, 3.05) is 96.4 Å². The molecule has 2 aromatic heterocycles. The third kappa shape index (κ3) is 10.5. The van der Waals surface area contributed by atoms with Crippen molar-refractivity contribution < 1.29 is 37.1 Å². The second-order valence-corrected chi connectivity index (χ2v) is 11.8. The summed E-state index contributed by atoms with van der Waals surface area (Å²) in [6, 6.07) is 7.24. The number of hydrogen-bond acceptors (Lipinski definition) is 20. The fourth-order valence-electron chi connectivity index (χ4n) is 4.20. The number of nitrogens with zero attached hydrogens (tertiary/aromatic N) is 9. The molecule has 5 N–H and O–H groups in total. The van der Waals surface area contributed by atoms with Gasteiger partial charge in [-0.25, -0.2) is 10.2 Å². The summed E-state index contributed by atoms with van der Waals surface area (Å²) in [6.45, 7) is 4.36. The molecule has 0 aliphatic carbocycles. The van der Waals surface area contributed by atoms with Gasteiger partial charge in [0.25, 0.3) is 16.1 Å². The Hall–Kier alpha value is -4.03. The maximum absolute atomic E-state index is 11.2. The molecule has 5 rings (SSSR count). The van der Waals surface area contributed by atoms with Crippen LogP contribution in [-0.2, 0) is 29.0 Å². The Labute approximate surface area is 267 Å². The Balaban J connectivity index is 1.34. The first kappa shape index (κ1) is 33.3. The van der Waals surface area contributed by atoms with E-state index >= 15 is 0 Å². The van der Waals surface area contributed by atoms with E-state index in [1.807, 2.05) is 28.0 Å². The van der Waals surface area contributed by atoms with Crippen molar-refractivity contribution in [1.29, 1.82) is 0 Å². The minimum Gasteiger partial charge on any atom is -0.378 e. The molecule has 1 aromatic carbocycles. The Morgan fingerprint density at radius 2 is 1.48 bits per heavy atom. The molecule has 2 aliphatic heterocycles. The molecule has 0 atom stereocenters. The highest BCUT2D eigenvalue weighted by Gasteiger charge is 2.19. The van der Waals surface area contributed by atoms with E-state index in [2.05, 4.69) is 60.2 Å². The zero-order valence-corrected chi connectivity index (χ0v) is 26.0. The summed E-state index contributed by atoms with van der Waals surface area (Å²) in [5, 5.41) is 21.0. The van der Waals surface area contributed by atoms with Gasteiger partial charge in [-0.1, -0.05) is 11.1 Å². The van der Waals surface area contributed by atoms with Gasteiger partial charge < -0.3 is 35.2 Å². The Kier molecular flexibility index (Phi) is 12.0. The van der Waals surface area contributed by atoms with Crippen LogP contribution in [0.1, 0.15) is 0 Å². The molecular formula is C24H32N12O8S2. The van der Waals surface area contributed by atoms with Gasteiger partial charge in [0.05, 0.1) is 37.9 Å². The van der Waals surface area contributed by atoms with Crippen LogP contribution in [0.4, 0.5) is 47.1 Å². The largest absolute Gasteiger partial charge is 0.378 e. The van der Waals surface area contributed by atoms with Crippen LogP contribution in [0.25, 0.3) is 0 Å². The van der Waals surface area contributed by atoms with Gasteiger partial charge >= 0.3 is 0 Å². The standard InChI is InChI=1S/C24H32N12O8S2/c37-43-44-45-14-4-25-19-29-21(33-23(31-19)35-6-10-41-11-7-35)27-17-2-1-3-18(16-17)28-22-30-20(26-5-15-46(38,39)40)32-24(34-22)36-8-12-42-13-9-36/h1-4,16,37H,5-15H2,(H,38,39,40)(H,27,29,31,33)(H2,26,28,30,32,34)/b25-4-. The van der Waals surface area contributed by atoms with E-state index in [0.29, 0.717) is 75.9 Å². The minimum atomic E-state index is -4.17. The number of aliphatic imine (C=N–C) groups is 1. The van der Waals surface area contributed by atoms with Crippen LogP contribution in [0.2, 0.25) is 0 Å². The number of aromatic nitrogens is 6. The lowest BCUT2D eigenvalue weighted by molar-refractivity contribution is -0.432. The summed E-state index contributed by atoms with van der Waals surface area (Å²) in [5.41, 5.74) is 1.26. The zero-order chi connectivity index (χ0) is 32.2. The van der Waals surface area contributed by atoms with Crippen LogP contribution in [0.5, 0.6) is 0 Å². The van der Waals surface area contributed by atoms with Gasteiger partial charge in [-0.05, 0) is 18.2 Å². The maximum Gasteiger partial charge on any atom is 0.266 e. The van der Waals surface area contributed by atoms with E-state index in [1.165, 1.54) is 6.21 Å². The average molecular weight is 681 g/mol. The third-order valence-electron chi connectivity index (χ3n) is 6.27. The normalized spacial score (nSPS) is 15.7. The van der Waals surface area contributed by atoms with Crippen LogP contribution < -0.4 is 25.8 Å². The van der Waals surface area contributed by atoms with Gasteiger partial charge in [0, 0.05) is 62.4 Å². The summed E-state index contributed by atoms with van der Waals surface area (Å²) in [6.07, 6.45) is 1.50. The highest BCUT2D eigenvalue weighted by atomic mass is 32.2. The molecule has 248 valence electrons. The molecule has 0 spiro atoms. The molecule has 0 amide bonds. The monoisotopic (exact) mass is 680 g/mol. The lowest BCUT2D eigenvalue weighted by Gasteiger charge is -2.27. The zero-order valence-electron chi connectivity index (χ0n) is 24.4. The molecule has 0 radical (unpaired) electrons. The van der Waals surface area contributed by atoms with Crippen LogP contribution in [-0.4, -0.2) is 125 Å². The van der Waals surface area contributed by atoms with Crippen molar-refractivity contribution in [2.45, 2.75) is 0 Å². The number of ether oxygens (including phenoxy) is 2. The molecule has 0 bridgehead atoms. The first-order valence-electron chi connectivity index (χ1n) is 14.0. The van der Waals surface area contributed by atoms with Gasteiger partial charge in [0.15, 0.2) is 0 Å². The number of rotatable bonds is 15. The van der Waals surface area contributed by atoms with Gasteiger partial charge in [-0.15, -0.1) is 4.33 Å². The quantitative estimate of drug-likeness (QED) is 0.0379. The summed E-state index contributed by atoms with van der Waals surface area (Å²) >= 11 is 0.825. The number of benzene rings is 1. The van der Waals surface area contributed by atoms with E-state index in [4.69, 9.17) is 19.3 Å². The van der Waals surface area contributed by atoms with Gasteiger partial charge in [-0.2, -0.15) is 38.3 Å². The van der Waals surface area contributed by atoms with Crippen LogP contribution in [0.3, 0.4) is 0 Å². The second-order valence-electron chi connectivity index (χ2n) is 9.52. The number of hydrogen-bond donors (Lipinski definition) is 5. The van der Waals surface area contributed by atoms with Crippen molar-refractivity contribution in [3.05, 3.63) is 24.3 Å². The van der Waals surface area contributed by atoms with E-state index < -0.39 is 15.9 Å². The van der Waals surface area contributed by atoms with Crippen LogP contribution in [0, 0.1) is 0 Å². The predicted molar refractivity (Wildman–Crippen MR) is 169 cm³/mol. The molecule has 2 fully saturated rings. The van der Waals surface area contributed by atoms with E-state index in [0.717, 1.165) is 12.0 Å². The number of anilines is 7. The van der Waals surface area contributed by atoms with Crippen LogP contribution >= 0.6 is 12.0 Å². The molecule has 46 heavy (non-hydrogen) atoms. The highest BCUT2D eigenvalue weighted by molar-refractivity contribution is 7.95. The molecule has 2 aliphatic rings. The first-order chi connectivity index (χ1) is 22.3. The molecule has 20 nitrogen and oxygen atoms in total. The second kappa shape index (κ2) is 16.5. The highest BCUT2D eigenvalue weighted by Crippen LogP contribution is 2.24. The summed E-state index contributed by atoms with van der Waals surface area (Å²) < 4.78 is 46.7. The molecule has 4 heterocycles. The fourth-order valence-corrected chi connectivity index (χ4v) is 4.79. The summed E-state index contributed by atoms with van der Waals surface area (Å²) in [7, 11) is -4.17. The molecule has 22 heteroatoms. The number of morpholine rings is 2. The number of nitrogens with one attached hydrogen (secondary N) is 3. The minimum absolute atomic E-state index is 0.0989. The van der Waals surface area contributed by atoms with Gasteiger partial charge in [0.1, 0.15) is 0 Å². The molecule has 0 unspecified atom stereocenters. The van der Waals surface area contributed by atoms with Gasteiger partial charge in [0.2, 0.25) is 29.7 Å². The van der Waals surface area contributed by atoms with E-state index in [1.54, 1.807) is 6.07 Å².